The average Bonchev–Trinajstić information content (AvgIpc) is 2.19. The number of carboxylic acids is 1. The van der Waals surface area contributed by atoms with E-state index in [1.54, 1.807) is 6.92 Å². The molecule has 1 aromatic carbocycles. The summed E-state index contributed by atoms with van der Waals surface area (Å²) in [5, 5.41) is 8.62. The molecule has 0 heterocycles. The molecule has 1 aromatic rings. The van der Waals surface area contributed by atoms with Crippen LogP contribution in [0.4, 0.5) is 13.2 Å². The summed E-state index contributed by atoms with van der Waals surface area (Å²) in [6, 6.07) is 2.02. The zero-order chi connectivity index (χ0) is 13.2. The van der Waals surface area contributed by atoms with E-state index in [9.17, 15) is 18.0 Å². The molecule has 0 aliphatic carbocycles. The van der Waals surface area contributed by atoms with E-state index in [0.29, 0.717) is 11.1 Å². The zero-order valence-corrected chi connectivity index (χ0v) is 9.08. The standard InChI is InChI=1S/C11H12F3NO2/c1-6-2-3-8(11(12,13)14)4-7(6)5-9(15)10(16)17/h2-4,9H,5,15H2,1H3,(H,16,17). The molecule has 3 nitrogen and oxygen atoms in total. The van der Waals surface area contributed by atoms with Gasteiger partial charge in [-0.2, -0.15) is 13.2 Å². The number of aryl methyl sites for hydroxylation is 1. The summed E-state index contributed by atoms with van der Waals surface area (Å²) < 4.78 is 37.3. The van der Waals surface area contributed by atoms with Crippen LogP contribution >= 0.6 is 0 Å². The number of aliphatic carboxylic acids is 1. The number of nitrogens with two attached hydrogens (primary N) is 1. The predicted octanol–water partition coefficient (Wildman–Crippen LogP) is 1.97. The molecule has 0 aliphatic heterocycles. The Kier molecular flexibility index (Phi) is 3.77. The monoisotopic (exact) mass is 247 g/mol. The quantitative estimate of drug-likeness (QED) is 0.858. The van der Waals surface area contributed by atoms with Gasteiger partial charge in [-0.25, -0.2) is 0 Å². The number of hydrogen-bond donors (Lipinski definition) is 2. The molecule has 1 unspecified atom stereocenters. The van der Waals surface area contributed by atoms with Crippen molar-refractivity contribution in [3.05, 3.63) is 34.9 Å². The number of benzene rings is 1. The topological polar surface area (TPSA) is 63.3 Å². The van der Waals surface area contributed by atoms with Crippen LogP contribution in [-0.2, 0) is 17.4 Å². The molecule has 3 N–H and O–H groups in total. The van der Waals surface area contributed by atoms with Crippen LogP contribution in [0.5, 0.6) is 0 Å². The van der Waals surface area contributed by atoms with Crippen LogP contribution in [0.15, 0.2) is 18.2 Å². The summed E-state index contributed by atoms with van der Waals surface area (Å²) in [5.74, 6) is -1.23. The second-order valence-electron chi connectivity index (χ2n) is 3.79. The van der Waals surface area contributed by atoms with E-state index in [0.717, 1.165) is 12.1 Å². The second kappa shape index (κ2) is 4.75. The lowest BCUT2D eigenvalue weighted by Gasteiger charge is -2.13. The van der Waals surface area contributed by atoms with Gasteiger partial charge in [0.15, 0.2) is 0 Å². The molecule has 0 saturated heterocycles. The SMILES string of the molecule is Cc1ccc(C(F)(F)F)cc1CC(N)C(=O)O. The molecule has 0 spiro atoms. The summed E-state index contributed by atoms with van der Waals surface area (Å²) in [6.45, 7) is 1.62. The third-order valence-electron chi connectivity index (χ3n) is 2.43. The predicted molar refractivity (Wildman–Crippen MR) is 55.5 cm³/mol. The summed E-state index contributed by atoms with van der Waals surface area (Å²) in [6.07, 6.45) is -4.55. The molecule has 0 bridgehead atoms. The van der Waals surface area contributed by atoms with E-state index in [1.807, 2.05) is 0 Å². The maximum Gasteiger partial charge on any atom is 0.416 e. The fourth-order valence-corrected chi connectivity index (χ4v) is 1.39. The fourth-order valence-electron chi connectivity index (χ4n) is 1.39. The number of alkyl halides is 3. The number of carbonyl (C=O) groups is 1. The molecule has 1 atom stereocenters. The third kappa shape index (κ3) is 3.45. The maximum absolute atomic E-state index is 12.4. The Bertz CT molecular complexity index is 429. The molecular weight excluding hydrogens is 235 g/mol. The lowest BCUT2D eigenvalue weighted by atomic mass is 9.99. The first-order chi connectivity index (χ1) is 7.71. The van der Waals surface area contributed by atoms with Gasteiger partial charge in [-0.15, -0.1) is 0 Å². The average molecular weight is 247 g/mol. The minimum absolute atomic E-state index is 0.120. The van der Waals surface area contributed by atoms with E-state index >= 15 is 0 Å². The minimum atomic E-state index is -4.43. The maximum atomic E-state index is 12.4. The Morgan fingerprint density at radius 3 is 2.53 bits per heavy atom. The Morgan fingerprint density at radius 1 is 1.47 bits per heavy atom. The van der Waals surface area contributed by atoms with E-state index in [2.05, 4.69) is 0 Å². The van der Waals surface area contributed by atoms with Crippen molar-refractivity contribution in [1.29, 1.82) is 0 Å². The van der Waals surface area contributed by atoms with Crippen molar-refractivity contribution in [3.8, 4) is 0 Å². The first kappa shape index (κ1) is 13.5. The fraction of sp³-hybridized carbons (Fsp3) is 0.364. The molecule has 0 radical (unpaired) electrons. The van der Waals surface area contributed by atoms with Crippen LogP contribution in [0.3, 0.4) is 0 Å². The smallest absolute Gasteiger partial charge is 0.416 e. The minimum Gasteiger partial charge on any atom is -0.480 e. The van der Waals surface area contributed by atoms with E-state index in [1.165, 1.54) is 6.07 Å². The zero-order valence-electron chi connectivity index (χ0n) is 9.08. The lowest BCUT2D eigenvalue weighted by molar-refractivity contribution is -0.138. The summed E-state index contributed by atoms with van der Waals surface area (Å²) in [5.41, 5.74) is 5.39. The first-order valence-corrected chi connectivity index (χ1v) is 4.87. The highest BCUT2D eigenvalue weighted by Crippen LogP contribution is 2.30. The number of halogens is 3. The molecule has 0 saturated carbocycles. The molecule has 17 heavy (non-hydrogen) atoms. The van der Waals surface area contributed by atoms with Gasteiger partial charge in [0.05, 0.1) is 5.56 Å². The van der Waals surface area contributed by atoms with Crippen LogP contribution in [0.1, 0.15) is 16.7 Å². The van der Waals surface area contributed by atoms with Crippen LogP contribution in [-0.4, -0.2) is 17.1 Å². The van der Waals surface area contributed by atoms with Crippen LogP contribution in [0.2, 0.25) is 0 Å². The lowest BCUT2D eigenvalue weighted by Crippen LogP contribution is -2.32. The van der Waals surface area contributed by atoms with Gasteiger partial charge in [0.2, 0.25) is 0 Å². The Labute approximate surface area is 96.0 Å². The van der Waals surface area contributed by atoms with E-state index in [4.69, 9.17) is 10.8 Å². The normalized spacial score (nSPS) is 13.5. The highest BCUT2D eigenvalue weighted by atomic mass is 19.4. The highest BCUT2D eigenvalue weighted by Gasteiger charge is 2.31. The number of hydrogen-bond acceptors (Lipinski definition) is 2. The summed E-state index contributed by atoms with van der Waals surface area (Å²) in [4.78, 5) is 10.5. The third-order valence-corrected chi connectivity index (χ3v) is 2.43. The van der Waals surface area contributed by atoms with Gasteiger partial charge in [-0.3, -0.25) is 4.79 Å². The molecule has 94 valence electrons. The van der Waals surface area contributed by atoms with E-state index < -0.39 is 23.8 Å². The van der Waals surface area contributed by atoms with Crippen molar-refractivity contribution >= 4 is 5.97 Å². The van der Waals surface area contributed by atoms with Crippen LogP contribution in [0.25, 0.3) is 0 Å². The van der Waals surface area contributed by atoms with Crippen LogP contribution < -0.4 is 5.73 Å². The first-order valence-electron chi connectivity index (χ1n) is 4.87. The number of rotatable bonds is 3. The van der Waals surface area contributed by atoms with Crippen molar-refractivity contribution < 1.29 is 23.1 Å². The molecule has 0 amide bonds. The van der Waals surface area contributed by atoms with Gasteiger partial charge < -0.3 is 10.8 Å². The van der Waals surface area contributed by atoms with Crippen molar-refractivity contribution in [2.24, 2.45) is 5.73 Å². The van der Waals surface area contributed by atoms with Gasteiger partial charge in [-0.1, -0.05) is 6.07 Å². The van der Waals surface area contributed by atoms with Crippen molar-refractivity contribution in [3.63, 3.8) is 0 Å². The van der Waals surface area contributed by atoms with Gasteiger partial charge >= 0.3 is 12.1 Å². The van der Waals surface area contributed by atoms with Gasteiger partial charge in [0.25, 0.3) is 0 Å². The second-order valence-corrected chi connectivity index (χ2v) is 3.79. The molecular formula is C11H12F3NO2. The van der Waals surface area contributed by atoms with Gasteiger partial charge in [0.1, 0.15) is 6.04 Å². The van der Waals surface area contributed by atoms with E-state index in [-0.39, 0.29) is 6.42 Å². The summed E-state index contributed by atoms with van der Waals surface area (Å²) >= 11 is 0. The van der Waals surface area contributed by atoms with Crippen LogP contribution in [0, 0.1) is 6.92 Å². The largest absolute Gasteiger partial charge is 0.480 e. The van der Waals surface area contributed by atoms with Crippen molar-refractivity contribution in [2.45, 2.75) is 25.6 Å². The Hall–Kier alpha value is -1.56. The van der Waals surface area contributed by atoms with Gasteiger partial charge in [-0.05, 0) is 36.6 Å². The molecule has 6 heteroatoms. The van der Waals surface area contributed by atoms with Crippen molar-refractivity contribution in [1.82, 2.24) is 0 Å². The molecule has 0 fully saturated rings. The number of carboxylic acid groups (broad SMARTS) is 1. The highest BCUT2D eigenvalue weighted by molar-refractivity contribution is 5.73. The van der Waals surface area contributed by atoms with Crippen molar-refractivity contribution in [2.75, 3.05) is 0 Å². The van der Waals surface area contributed by atoms with Gasteiger partial charge in [0, 0.05) is 0 Å². The molecule has 0 aliphatic rings. The summed E-state index contributed by atoms with van der Waals surface area (Å²) in [7, 11) is 0. The molecule has 1 rings (SSSR count). The Morgan fingerprint density at radius 2 is 2.06 bits per heavy atom. The Balaban J connectivity index is 3.03. The molecule has 0 aromatic heterocycles.